The Morgan fingerprint density at radius 2 is 1.91 bits per heavy atom. The van der Waals surface area contributed by atoms with Crippen LogP contribution in [0.5, 0.6) is 0 Å². The van der Waals surface area contributed by atoms with Gasteiger partial charge in [0.2, 0.25) is 0 Å². The summed E-state index contributed by atoms with van der Waals surface area (Å²) in [5, 5.41) is 2.69. The summed E-state index contributed by atoms with van der Waals surface area (Å²) in [6.45, 7) is 0.577. The molecule has 2 heteroatoms. The molecule has 1 nitrogen and oxygen atoms in total. The lowest BCUT2D eigenvalue weighted by molar-refractivity contribution is 1.04. The molecule has 1 aromatic rings. The Labute approximate surface area is 72.2 Å². The Morgan fingerprint density at radius 1 is 1.27 bits per heavy atom. The highest BCUT2D eigenvalue weighted by molar-refractivity contribution is 7.78. The van der Waals surface area contributed by atoms with Gasteiger partial charge in [-0.25, -0.2) is 0 Å². The summed E-state index contributed by atoms with van der Waals surface area (Å²) in [7, 11) is 0. The maximum absolute atomic E-state index is 5.52. The number of benzene rings is 1. The SMILES string of the molecule is NCc1ccccc1C[C]=S. The Balaban J connectivity index is 2.92. The smallest absolute Gasteiger partial charge is 0.0338 e. The Bertz CT molecular complexity index is 245. The first-order valence-electron chi connectivity index (χ1n) is 3.50. The predicted octanol–water partition coefficient (Wildman–Crippen LogP) is 1.56. The second-order valence-corrected chi connectivity index (χ2v) is 2.58. The van der Waals surface area contributed by atoms with E-state index >= 15 is 0 Å². The van der Waals surface area contributed by atoms with Gasteiger partial charge in [0.15, 0.2) is 0 Å². The second-order valence-electron chi connectivity index (χ2n) is 2.29. The molecular formula is C9H10NS. The van der Waals surface area contributed by atoms with Gasteiger partial charge >= 0.3 is 0 Å². The molecule has 0 saturated carbocycles. The summed E-state index contributed by atoms with van der Waals surface area (Å²) in [5.41, 5.74) is 7.86. The van der Waals surface area contributed by atoms with Crippen LogP contribution in [0.4, 0.5) is 0 Å². The van der Waals surface area contributed by atoms with Gasteiger partial charge in [0, 0.05) is 18.3 Å². The van der Waals surface area contributed by atoms with E-state index in [0.29, 0.717) is 13.0 Å². The van der Waals surface area contributed by atoms with Crippen molar-refractivity contribution in [3.8, 4) is 0 Å². The van der Waals surface area contributed by atoms with E-state index in [-0.39, 0.29) is 0 Å². The number of nitrogens with two attached hydrogens (primary N) is 1. The van der Waals surface area contributed by atoms with E-state index < -0.39 is 0 Å². The first-order valence-corrected chi connectivity index (χ1v) is 3.91. The molecule has 57 valence electrons. The molecule has 0 aliphatic rings. The summed E-state index contributed by atoms with van der Waals surface area (Å²) in [4.78, 5) is 0. The van der Waals surface area contributed by atoms with Crippen molar-refractivity contribution >= 4 is 17.6 Å². The standard InChI is InChI=1S/C9H10NS/c10-7-9-4-2-1-3-8(9)5-6-11/h1-4H,5,7,10H2. The average Bonchev–Trinajstić information content (AvgIpc) is 2.06. The number of hydrogen-bond donors (Lipinski definition) is 1. The van der Waals surface area contributed by atoms with Gasteiger partial charge in [0.1, 0.15) is 0 Å². The summed E-state index contributed by atoms with van der Waals surface area (Å²) >= 11 is 4.65. The maximum atomic E-state index is 5.52. The van der Waals surface area contributed by atoms with Crippen molar-refractivity contribution in [1.82, 2.24) is 0 Å². The molecule has 0 aromatic heterocycles. The van der Waals surface area contributed by atoms with E-state index in [4.69, 9.17) is 5.73 Å². The molecule has 0 aliphatic carbocycles. The molecule has 2 N–H and O–H groups in total. The molecule has 0 fully saturated rings. The maximum Gasteiger partial charge on any atom is 0.0338 e. The van der Waals surface area contributed by atoms with Crippen LogP contribution in [-0.4, -0.2) is 5.37 Å². The first kappa shape index (κ1) is 8.37. The van der Waals surface area contributed by atoms with Gasteiger partial charge < -0.3 is 5.73 Å². The molecule has 0 amide bonds. The number of hydrogen-bond acceptors (Lipinski definition) is 2. The van der Waals surface area contributed by atoms with Crippen LogP contribution in [0.2, 0.25) is 0 Å². The molecule has 0 atom stereocenters. The zero-order chi connectivity index (χ0) is 8.10. The average molecular weight is 164 g/mol. The number of thiocarbonyl (C=S) groups is 1. The molecule has 1 rings (SSSR count). The molecule has 0 saturated heterocycles. The fourth-order valence-corrected chi connectivity index (χ4v) is 1.16. The van der Waals surface area contributed by atoms with Gasteiger partial charge in [-0.05, 0) is 11.1 Å². The quantitative estimate of drug-likeness (QED) is 0.686. The van der Waals surface area contributed by atoms with Crippen LogP contribution in [0.15, 0.2) is 24.3 Å². The van der Waals surface area contributed by atoms with Gasteiger partial charge in [-0.2, -0.15) is 0 Å². The van der Waals surface area contributed by atoms with Crippen LogP contribution in [0, 0.1) is 0 Å². The highest BCUT2D eigenvalue weighted by atomic mass is 32.1. The van der Waals surface area contributed by atoms with Gasteiger partial charge in [-0.3, -0.25) is 0 Å². The van der Waals surface area contributed by atoms with E-state index in [1.807, 2.05) is 24.3 Å². The molecule has 1 aromatic carbocycles. The third kappa shape index (κ3) is 2.10. The van der Waals surface area contributed by atoms with Crippen molar-refractivity contribution in [1.29, 1.82) is 0 Å². The van der Waals surface area contributed by atoms with Crippen molar-refractivity contribution in [2.24, 2.45) is 5.73 Å². The van der Waals surface area contributed by atoms with Crippen molar-refractivity contribution < 1.29 is 0 Å². The predicted molar refractivity (Wildman–Crippen MR) is 50.6 cm³/mol. The summed E-state index contributed by atoms with van der Waals surface area (Å²) < 4.78 is 0. The molecule has 1 radical (unpaired) electrons. The van der Waals surface area contributed by atoms with E-state index in [9.17, 15) is 0 Å². The van der Waals surface area contributed by atoms with E-state index in [0.717, 1.165) is 5.56 Å². The van der Waals surface area contributed by atoms with E-state index in [1.165, 1.54) is 5.56 Å². The third-order valence-corrected chi connectivity index (χ3v) is 1.75. The summed E-state index contributed by atoms with van der Waals surface area (Å²) in [6, 6.07) is 8.01. The van der Waals surface area contributed by atoms with Crippen LogP contribution in [-0.2, 0) is 13.0 Å². The fourth-order valence-electron chi connectivity index (χ4n) is 1.01. The van der Waals surface area contributed by atoms with Crippen LogP contribution < -0.4 is 5.73 Å². The van der Waals surface area contributed by atoms with Gasteiger partial charge in [0.05, 0.1) is 0 Å². The molecular weight excluding hydrogens is 154 g/mol. The van der Waals surface area contributed by atoms with E-state index in [2.05, 4.69) is 17.6 Å². The summed E-state index contributed by atoms with van der Waals surface area (Å²) in [5.74, 6) is 0. The van der Waals surface area contributed by atoms with Crippen molar-refractivity contribution in [2.75, 3.05) is 0 Å². The van der Waals surface area contributed by atoms with Crippen molar-refractivity contribution in [3.05, 3.63) is 35.4 Å². The van der Waals surface area contributed by atoms with Crippen LogP contribution in [0.1, 0.15) is 11.1 Å². The van der Waals surface area contributed by atoms with Crippen LogP contribution in [0.25, 0.3) is 0 Å². The topological polar surface area (TPSA) is 26.0 Å². The molecule has 0 spiro atoms. The Hall–Kier alpha value is -0.730. The van der Waals surface area contributed by atoms with Crippen LogP contribution >= 0.6 is 12.2 Å². The first-order chi connectivity index (χ1) is 5.38. The Kier molecular flexibility index (Phi) is 3.20. The van der Waals surface area contributed by atoms with Gasteiger partial charge in [-0.1, -0.05) is 36.5 Å². The molecule has 0 bridgehead atoms. The van der Waals surface area contributed by atoms with E-state index in [1.54, 1.807) is 0 Å². The fraction of sp³-hybridized carbons (Fsp3) is 0.222. The molecule has 0 unspecified atom stereocenters. The third-order valence-electron chi connectivity index (χ3n) is 1.60. The zero-order valence-corrected chi connectivity index (χ0v) is 7.03. The number of rotatable bonds is 3. The largest absolute Gasteiger partial charge is 0.326 e. The minimum atomic E-state index is 0.577. The monoisotopic (exact) mass is 164 g/mol. The Morgan fingerprint density at radius 3 is 2.45 bits per heavy atom. The van der Waals surface area contributed by atoms with Crippen molar-refractivity contribution in [3.63, 3.8) is 0 Å². The van der Waals surface area contributed by atoms with Gasteiger partial charge in [0.25, 0.3) is 0 Å². The minimum Gasteiger partial charge on any atom is -0.326 e. The normalized spacial score (nSPS) is 9.55. The molecule has 11 heavy (non-hydrogen) atoms. The second kappa shape index (κ2) is 4.21. The highest BCUT2D eigenvalue weighted by Crippen LogP contribution is 2.07. The summed E-state index contributed by atoms with van der Waals surface area (Å²) in [6.07, 6.45) is 0.711. The molecule has 0 aliphatic heterocycles. The lowest BCUT2D eigenvalue weighted by atomic mass is 10.1. The lowest BCUT2D eigenvalue weighted by Gasteiger charge is -2.02. The molecule has 0 heterocycles. The van der Waals surface area contributed by atoms with Crippen LogP contribution in [0.3, 0.4) is 0 Å². The van der Waals surface area contributed by atoms with Crippen molar-refractivity contribution in [2.45, 2.75) is 13.0 Å². The lowest BCUT2D eigenvalue weighted by Crippen LogP contribution is -2.01. The highest BCUT2D eigenvalue weighted by Gasteiger charge is 1.96. The van der Waals surface area contributed by atoms with Gasteiger partial charge in [-0.15, -0.1) is 0 Å². The minimum absolute atomic E-state index is 0.577. The zero-order valence-electron chi connectivity index (χ0n) is 6.21.